The lowest BCUT2D eigenvalue weighted by Gasteiger charge is -2.32. The number of anilines is 1. The van der Waals surface area contributed by atoms with Gasteiger partial charge in [-0.1, -0.05) is 6.42 Å². The lowest BCUT2D eigenvalue weighted by atomic mass is 10.0. The van der Waals surface area contributed by atoms with E-state index in [9.17, 15) is 0 Å². The molecular weight excluding hydrogens is 212 g/mol. The van der Waals surface area contributed by atoms with Gasteiger partial charge in [0.05, 0.1) is 0 Å². The molecule has 1 aromatic heterocycles. The van der Waals surface area contributed by atoms with Crippen molar-refractivity contribution in [3.63, 3.8) is 0 Å². The first-order valence-electron chi connectivity index (χ1n) is 6.65. The Hall–Kier alpha value is -1.03. The van der Waals surface area contributed by atoms with Gasteiger partial charge in [0.1, 0.15) is 0 Å². The Morgan fingerprint density at radius 2 is 2.29 bits per heavy atom. The Balaban J connectivity index is 1.90. The van der Waals surface area contributed by atoms with Crippen LogP contribution in [0.25, 0.3) is 0 Å². The number of imidazole rings is 1. The van der Waals surface area contributed by atoms with Crippen LogP contribution in [-0.4, -0.2) is 40.6 Å². The van der Waals surface area contributed by atoms with Crippen LogP contribution in [0.4, 0.5) is 5.95 Å². The normalized spacial score (nSPS) is 22.0. The van der Waals surface area contributed by atoms with Gasteiger partial charge in [-0.3, -0.25) is 0 Å². The molecule has 0 spiro atoms. The minimum Gasteiger partial charge on any atom is -0.354 e. The van der Waals surface area contributed by atoms with Crippen molar-refractivity contribution in [2.75, 3.05) is 25.5 Å². The fraction of sp³-hybridized carbons (Fsp3) is 0.769. The van der Waals surface area contributed by atoms with Crippen LogP contribution in [0.15, 0.2) is 12.4 Å². The van der Waals surface area contributed by atoms with E-state index in [0.29, 0.717) is 12.1 Å². The van der Waals surface area contributed by atoms with Gasteiger partial charge in [-0.25, -0.2) is 4.98 Å². The number of piperidine rings is 1. The van der Waals surface area contributed by atoms with E-state index in [4.69, 9.17) is 0 Å². The van der Waals surface area contributed by atoms with Crippen molar-refractivity contribution in [3.05, 3.63) is 12.4 Å². The third kappa shape index (κ3) is 3.00. The van der Waals surface area contributed by atoms with Crippen LogP contribution in [0.1, 0.15) is 39.2 Å². The number of likely N-dealkylation sites (tertiary alicyclic amines) is 1. The molecule has 96 valence electrons. The highest BCUT2D eigenvalue weighted by molar-refractivity contribution is 5.26. The first-order chi connectivity index (χ1) is 8.18. The maximum Gasteiger partial charge on any atom is 0.203 e. The summed E-state index contributed by atoms with van der Waals surface area (Å²) in [4.78, 5) is 6.84. The van der Waals surface area contributed by atoms with Crippen LogP contribution in [-0.2, 0) is 0 Å². The molecule has 2 heterocycles. The van der Waals surface area contributed by atoms with Gasteiger partial charge in [0.15, 0.2) is 0 Å². The number of hydrogen-bond donors (Lipinski definition) is 1. The van der Waals surface area contributed by atoms with Crippen molar-refractivity contribution in [1.82, 2.24) is 14.5 Å². The maximum absolute atomic E-state index is 4.38. The van der Waals surface area contributed by atoms with Gasteiger partial charge in [-0.2, -0.15) is 0 Å². The van der Waals surface area contributed by atoms with Crippen LogP contribution in [0, 0.1) is 0 Å². The summed E-state index contributed by atoms with van der Waals surface area (Å²) in [5.74, 6) is 0.999. The lowest BCUT2D eigenvalue weighted by Crippen LogP contribution is -2.41. The van der Waals surface area contributed by atoms with E-state index in [-0.39, 0.29) is 0 Å². The van der Waals surface area contributed by atoms with Crippen molar-refractivity contribution in [1.29, 1.82) is 0 Å². The maximum atomic E-state index is 4.38. The first-order valence-corrected chi connectivity index (χ1v) is 6.65. The molecule has 0 radical (unpaired) electrons. The molecule has 1 aromatic rings. The quantitative estimate of drug-likeness (QED) is 0.871. The zero-order valence-corrected chi connectivity index (χ0v) is 11.2. The second kappa shape index (κ2) is 5.54. The molecule has 4 nitrogen and oxygen atoms in total. The SMILES string of the molecule is CC(C)n1ccnc1NCC1CCCCN1C. The number of nitrogens with one attached hydrogen (secondary N) is 1. The van der Waals surface area contributed by atoms with Crippen LogP contribution < -0.4 is 5.32 Å². The predicted molar refractivity (Wildman–Crippen MR) is 71.4 cm³/mol. The summed E-state index contributed by atoms with van der Waals surface area (Å²) >= 11 is 0. The summed E-state index contributed by atoms with van der Waals surface area (Å²) in [6.07, 6.45) is 7.90. The predicted octanol–water partition coefficient (Wildman–Crippen LogP) is 2.36. The van der Waals surface area contributed by atoms with E-state index >= 15 is 0 Å². The van der Waals surface area contributed by atoms with Crippen LogP contribution in [0.5, 0.6) is 0 Å². The largest absolute Gasteiger partial charge is 0.354 e. The number of rotatable bonds is 4. The summed E-state index contributed by atoms with van der Waals surface area (Å²) in [6, 6.07) is 1.12. The molecule has 1 saturated heterocycles. The van der Waals surface area contributed by atoms with Crippen molar-refractivity contribution in [3.8, 4) is 0 Å². The molecule has 0 bridgehead atoms. The van der Waals surface area contributed by atoms with Gasteiger partial charge < -0.3 is 14.8 Å². The second-order valence-electron chi connectivity index (χ2n) is 5.26. The van der Waals surface area contributed by atoms with Gasteiger partial charge in [-0.15, -0.1) is 0 Å². The molecule has 1 aliphatic heterocycles. The van der Waals surface area contributed by atoms with Crippen molar-refractivity contribution < 1.29 is 0 Å². The topological polar surface area (TPSA) is 33.1 Å². The summed E-state index contributed by atoms with van der Waals surface area (Å²) in [7, 11) is 2.22. The van der Waals surface area contributed by atoms with E-state index < -0.39 is 0 Å². The average Bonchev–Trinajstić information content (AvgIpc) is 2.76. The minimum absolute atomic E-state index is 0.462. The Labute approximate surface area is 104 Å². The Kier molecular flexibility index (Phi) is 4.05. The highest BCUT2D eigenvalue weighted by Gasteiger charge is 2.19. The van der Waals surface area contributed by atoms with Crippen molar-refractivity contribution >= 4 is 5.95 Å². The molecule has 4 heteroatoms. The Bertz CT molecular complexity index is 345. The van der Waals surface area contributed by atoms with E-state index in [1.165, 1.54) is 25.8 Å². The molecule has 2 rings (SSSR count). The van der Waals surface area contributed by atoms with Gasteiger partial charge in [0.25, 0.3) is 0 Å². The van der Waals surface area contributed by atoms with Gasteiger partial charge in [-0.05, 0) is 40.3 Å². The van der Waals surface area contributed by atoms with E-state index in [1.54, 1.807) is 0 Å². The smallest absolute Gasteiger partial charge is 0.203 e. The van der Waals surface area contributed by atoms with Crippen LogP contribution in [0.2, 0.25) is 0 Å². The molecule has 0 amide bonds. The zero-order chi connectivity index (χ0) is 12.3. The molecule has 1 N–H and O–H groups in total. The molecule has 1 atom stereocenters. The monoisotopic (exact) mass is 236 g/mol. The minimum atomic E-state index is 0.462. The first kappa shape index (κ1) is 12.4. The fourth-order valence-electron chi connectivity index (χ4n) is 2.48. The van der Waals surface area contributed by atoms with Gasteiger partial charge in [0.2, 0.25) is 5.95 Å². The summed E-state index contributed by atoms with van der Waals surface area (Å²) in [5.41, 5.74) is 0. The number of nitrogens with zero attached hydrogens (tertiary/aromatic N) is 3. The van der Waals surface area contributed by atoms with Crippen molar-refractivity contribution in [2.45, 2.75) is 45.2 Å². The van der Waals surface area contributed by atoms with Crippen LogP contribution >= 0.6 is 0 Å². The van der Waals surface area contributed by atoms with E-state index in [1.807, 2.05) is 12.4 Å². The number of hydrogen-bond acceptors (Lipinski definition) is 3. The highest BCUT2D eigenvalue weighted by Crippen LogP contribution is 2.17. The van der Waals surface area contributed by atoms with Gasteiger partial charge >= 0.3 is 0 Å². The Morgan fingerprint density at radius 1 is 1.47 bits per heavy atom. The molecule has 0 aromatic carbocycles. The summed E-state index contributed by atoms with van der Waals surface area (Å²) < 4.78 is 2.18. The Morgan fingerprint density at radius 3 is 3.00 bits per heavy atom. The lowest BCUT2D eigenvalue weighted by molar-refractivity contribution is 0.194. The number of aromatic nitrogens is 2. The van der Waals surface area contributed by atoms with Crippen LogP contribution in [0.3, 0.4) is 0 Å². The third-order valence-corrected chi connectivity index (χ3v) is 3.64. The number of likely N-dealkylation sites (N-methyl/N-ethyl adjacent to an activating group) is 1. The molecule has 1 unspecified atom stereocenters. The van der Waals surface area contributed by atoms with E-state index in [0.717, 1.165) is 12.5 Å². The second-order valence-corrected chi connectivity index (χ2v) is 5.26. The third-order valence-electron chi connectivity index (χ3n) is 3.64. The molecule has 0 aliphatic carbocycles. The highest BCUT2D eigenvalue weighted by atomic mass is 15.2. The molecule has 1 aliphatic rings. The summed E-state index contributed by atoms with van der Waals surface area (Å²) in [5, 5.41) is 3.48. The van der Waals surface area contributed by atoms with Crippen molar-refractivity contribution in [2.24, 2.45) is 0 Å². The van der Waals surface area contributed by atoms with Gasteiger partial charge in [0, 0.05) is 31.0 Å². The standard InChI is InChI=1S/C13H24N4/c1-11(2)17-9-7-14-13(17)15-10-12-6-4-5-8-16(12)3/h7,9,11-12H,4-6,8,10H2,1-3H3,(H,14,15). The average molecular weight is 236 g/mol. The summed E-state index contributed by atoms with van der Waals surface area (Å²) in [6.45, 7) is 6.59. The zero-order valence-electron chi connectivity index (χ0n) is 11.2. The molecule has 0 saturated carbocycles. The molecular formula is C13H24N4. The fourth-order valence-corrected chi connectivity index (χ4v) is 2.48. The molecule has 17 heavy (non-hydrogen) atoms. The molecule has 1 fully saturated rings. The van der Waals surface area contributed by atoms with E-state index in [2.05, 4.69) is 40.7 Å².